The third-order valence-corrected chi connectivity index (χ3v) is 4.62. The summed E-state index contributed by atoms with van der Waals surface area (Å²) < 4.78 is 7.05. The van der Waals surface area contributed by atoms with Crippen LogP contribution in [0.3, 0.4) is 0 Å². The molecule has 0 spiro atoms. The van der Waals surface area contributed by atoms with Crippen LogP contribution in [0.4, 0.5) is 0 Å². The van der Waals surface area contributed by atoms with Crippen LogP contribution in [0, 0.1) is 19.8 Å². The predicted octanol–water partition coefficient (Wildman–Crippen LogP) is 2.80. The SMILES string of the molecule is Cc1noc(C)c1-c1cnc2[nH]c(=O)n(CC3CCC3)c2c1. The molecule has 0 unspecified atom stereocenters. The molecule has 4 rings (SSSR count). The quantitative estimate of drug-likeness (QED) is 0.806. The van der Waals surface area contributed by atoms with Gasteiger partial charge in [-0.05, 0) is 38.7 Å². The lowest BCUT2D eigenvalue weighted by atomic mass is 9.85. The van der Waals surface area contributed by atoms with Crippen molar-refractivity contribution >= 4 is 11.2 Å². The van der Waals surface area contributed by atoms with Crippen molar-refractivity contribution in [3.05, 3.63) is 34.2 Å². The van der Waals surface area contributed by atoms with E-state index < -0.39 is 0 Å². The summed E-state index contributed by atoms with van der Waals surface area (Å²) in [7, 11) is 0. The predicted molar refractivity (Wildman–Crippen MR) is 82.7 cm³/mol. The normalized spacial score (nSPS) is 15.4. The van der Waals surface area contributed by atoms with E-state index in [1.165, 1.54) is 19.3 Å². The second-order valence-corrected chi connectivity index (χ2v) is 6.13. The first-order valence-electron chi connectivity index (χ1n) is 7.65. The standard InChI is InChI=1S/C16H18N4O2/c1-9-14(10(2)22-19-9)12-6-13-15(17-7-12)18-16(21)20(13)8-11-4-3-5-11/h6-7,11H,3-5,8H2,1-2H3,(H,17,18,21). The molecule has 0 radical (unpaired) electrons. The van der Waals surface area contributed by atoms with Gasteiger partial charge in [0.2, 0.25) is 0 Å². The van der Waals surface area contributed by atoms with Crippen molar-refractivity contribution in [1.82, 2.24) is 19.7 Å². The number of aryl methyl sites for hydroxylation is 2. The van der Waals surface area contributed by atoms with Crippen LogP contribution in [0.5, 0.6) is 0 Å². The Balaban J connectivity index is 1.85. The van der Waals surface area contributed by atoms with Crippen LogP contribution in [0.1, 0.15) is 30.7 Å². The molecular formula is C16H18N4O2. The fourth-order valence-electron chi connectivity index (χ4n) is 3.18. The molecule has 1 aliphatic rings. The molecule has 6 heteroatoms. The van der Waals surface area contributed by atoms with E-state index in [1.807, 2.05) is 24.5 Å². The monoisotopic (exact) mass is 298 g/mol. The number of fused-ring (bicyclic) bond motifs is 1. The molecule has 0 atom stereocenters. The van der Waals surface area contributed by atoms with Crippen LogP contribution in [0.2, 0.25) is 0 Å². The van der Waals surface area contributed by atoms with Crippen LogP contribution in [-0.4, -0.2) is 19.7 Å². The Hall–Kier alpha value is -2.37. The molecule has 0 bridgehead atoms. The molecule has 1 saturated carbocycles. The number of H-pyrrole nitrogens is 1. The van der Waals surface area contributed by atoms with Crippen LogP contribution in [0.15, 0.2) is 21.6 Å². The molecule has 3 aromatic heterocycles. The highest BCUT2D eigenvalue weighted by Crippen LogP contribution is 2.30. The summed E-state index contributed by atoms with van der Waals surface area (Å²) in [6.07, 6.45) is 5.44. The zero-order valence-electron chi connectivity index (χ0n) is 12.7. The third-order valence-electron chi connectivity index (χ3n) is 4.62. The van der Waals surface area contributed by atoms with Crippen molar-refractivity contribution in [1.29, 1.82) is 0 Å². The molecule has 0 aliphatic heterocycles. The Labute approximate surface area is 127 Å². The highest BCUT2D eigenvalue weighted by atomic mass is 16.5. The van der Waals surface area contributed by atoms with E-state index in [2.05, 4.69) is 15.1 Å². The van der Waals surface area contributed by atoms with Crippen LogP contribution in [0.25, 0.3) is 22.3 Å². The van der Waals surface area contributed by atoms with Gasteiger partial charge >= 0.3 is 5.69 Å². The largest absolute Gasteiger partial charge is 0.361 e. The molecule has 0 amide bonds. The highest BCUT2D eigenvalue weighted by Gasteiger charge is 2.21. The molecule has 22 heavy (non-hydrogen) atoms. The summed E-state index contributed by atoms with van der Waals surface area (Å²) in [5.41, 5.74) is 4.14. The number of aromatic nitrogens is 4. The Morgan fingerprint density at radius 1 is 1.41 bits per heavy atom. The molecule has 3 heterocycles. The maximum absolute atomic E-state index is 12.2. The van der Waals surface area contributed by atoms with Gasteiger partial charge in [0.15, 0.2) is 5.65 Å². The van der Waals surface area contributed by atoms with Crippen LogP contribution in [-0.2, 0) is 6.54 Å². The lowest BCUT2D eigenvalue weighted by Crippen LogP contribution is -2.25. The Morgan fingerprint density at radius 3 is 2.86 bits per heavy atom. The lowest BCUT2D eigenvalue weighted by molar-refractivity contribution is 0.277. The van der Waals surface area contributed by atoms with Gasteiger partial charge < -0.3 is 4.52 Å². The van der Waals surface area contributed by atoms with Gasteiger partial charge in [0, 0.05) is 23.9 Å². The van der Waals surface area contributed by atoms with E-state index in [0.717, 1.165) is 34.6 Å². The minimum absolute atomic E-state index is 0.0784. The molecule has 0 saturated heterocycles. The van der Waals surface area contributed by atoms with Gasteiger partial charge in [-0.3, -0.25) is 9.55 Å². The van der Waals surface area contributed by atoms with Crippen molar-refractivity contribution < 1.29 is 4.52 Å². The molecule has 0 aromatic carbocycles. The zero-order chi connectivity index (χ0) is 15.3. The zero-order valence-corrected chi connectivity index (χ0v) is 12.7. The van der Waals surface area contributed by atoms with Gasteiger partial charge in [0.1, 0.15) is 5.76 Å². The number of rotatable bonds is 3. The minimum atomic E-state index is -0.0784. The average Bonchev–Trinajstić information content (AvgIpc) is 2.93. The van der Waals surface area contributed by atoms with Gasteiger partial charge in [-0.2, -0.15) is 0 Å². The number of hydrogen-bond acceptors (Lipinski definition) is 4. The lowest BCUT2D eigenvalue weighted by Gasteiger charge is -2.25. The van der Waals surface area contributed by atoms with Crippen molar-refractivity contribution in [2.75, 3.05) is 0 Å². The topological polar surface area (TPSA) is 76.7 Å². The van der Waals surface area contributed by atoms with E-state index in [1.54, 1.807) is 6.20 Å². The van der Waals surface area contributed by atoms with Crippen LogP contribution < -0.4 is 5.69 Å². The second kappa shape index (κ2) is 4.83. The molecule has 1 aliphatic carbocycles. The fourth-order valence-corrected chi connectivity index (χ4v) is 3.18. The number of nitrogens with zero attached hydrogens (tertiary/aromatic N) is 3. The Kier molecular flexibility index (Phi) is 2.92. The van der Waals surface area contributed by atoms with E-state index in [9.17, 15) is 4.79 Å². The summed E-state index contributed by atoms with van der Waals surface area (Å²) in [5, 5.41) is 3.99. The summed E-state index contributed by atoms with van der Waals surface area (Å²) >= 11 is 0. The number of hydrogen-bond donors (Lipinski definition) is 1. The van der Waals surface area contributed by atoms with E-state index in [0.29, 0.717) is 11.6 Å². The van der Waals surface area contributed by atoms with Gasteiger partial charge in [-0.25, -0.2) is 9.78 Å². The first-order chi connectivity index (χ1) is 10.6. The average molecular weight is 298 g/mol. The Bertz CT molecular complexity index is 879. The summed E-state index contributed by atoms with van der Waals surface area (Å²) in [6.45, 7) is 4.57. The summed E-state index contributed by atoms with van der Waals surface area (Å²) in [4.78, 5) is 19.4. The van der Waals surface area contributed by atoms with Crippen molar-refractivity contribution in [2.24, 2.45) is 5.92 Å². The second-order valence-electron chi connectivity index (χ2n) is 6.13. The molecule has 1 fully saturated rings. The number of imidazole rings is 1. The first-order valence-corrected chi connectivity index (χ1v) is 7.65. The number of nitrogens with one attached hydrogen (secondary N) is 1. The fraction of sp³-hybridized carbons (Fsp3) is 0.438. The van der Waals surface area contributed by atoms with Gasteiger partial charge in [-0.15, -0.1) is 0 Å². The summed E-state index contributed by atoms with van der Waals surface area (Å²) in [6, 6.07) is 2.01. The maximum atomic E-state index is 12.2. The molecule has 1 N–H and O–H groups in total. The Morgan fingerprint density at radius 2 is 2.23 bits per heavy atom. The van der Waals surface area contributed by atoms with Crippen molar-refractivity contribution in [3.63, 3.8) is 0 Å². The first kappa shape index (κ1) is 13.3. The van der Waals surface area contributed by atoms with Gasteiger partial charge in [-0.1, -0.05) is 11.6 Å². The van der Waals surface area contributed by atoms with Crippen LogP contribution >= 0.6 is 0 Å². The van der Waals surface area contributed by atoms with Gasteiger partial charge in [0.05, 0.1) is 11.2 Å². The number of pyridine rings is 1. The summed E-state index contributed by atoms with van der Waals surface area (Å²) in [5.74, 6) is 1.38. The van der Waals surface area contributed by atoms with Crippen molar-refractivity contribution in [3.8, 4) is 11.1 Å². The highest BCUT2D eigenvalue weighted by molar-refractivity contribution is 5.79. The molecule has 3 aromatic rings. The van der Waals surface area contributed by atoms with E-state index >= 15 is 0 Å². The van der Waals surface area contributed by atoms with Crippen molar-refractivity contribution in [2.45, 2.75) is 39.7 Å². The smallest absolute Gasteiger partial charge is 0.327 e. The van der Waals surface area contributed by atoms with Gasteiger partial charge in [0.25, 0.3) is 0 Å². The molecule has 114 valence electrons. The molecule has 6 nitrogen and oxygen atoms in total. The van der Waals surface area contributed by atoms with E-state index in [4.69, 9.17) is 4.52 Å². The third kappa shape index (κ3) is 1.98. The van der Waals surface area contributed by atoms with E-state index in [-0.39, 0.29) is 5.69 Å². The maximum Gasteiger partial charge on any atom is 0.327 e. The number of aromatic amines is 1. The molecular weight excluding hydrogens is 280 g/mol. The minimum Gasteiger partial charge on any atom is -0.361 e.